The van der Waals surface area contributed by atoms with Gasteiger partial charge >= 0.3 is 0 Å². The Morgan fingerprint density at radius 3 is 1.48 bits per heavy atom. The van der Waals surface area contributed by atoms with Crippen molar-refractivity contribution in [3.8, 4) is 72.7 Å². The first-order valence-electron chi connectivity index (χ1n) is 19.3. The third-order valence-corrected chi connectivity index (χ3v) is 11.8. The summed E-state index contributed by atoms with van der Waals surface area (Å²) in [5.74, 6) is 1.86. The Kier molecular flexibility index (Phi) is 8.26. The van der Waals surface area contributed by atoms with Gasteiger partial charge in [-0.1, -0.05) is 133 Å². The smallest absolute Gasteiger partial charge is 0.164 e. The molecule has 0 radical (unpaired) electrons. The second-order valence-corrected chi connectivity index (χ2v) is 15.4. The van der Waals surface area contributed by atoms with E-state index in [-0.39, 0.29) is 0 Å². The van der Waals surface area contributed by atoms with E-state index in [1.54, 1.807) is 11.3 Å². The molecule has 0 unspecified atom stereocenters. The number of hydrogen-bond acceptors (Lipinski definition) is 5. The van der Waals surface area contributed by atoms with Gasteiger partial charge < -0.3 is 4.57 Å². The van der Waals surface area contributed by atoms with E-state index in [4.69, 9.17) is 19.9 Å². The summed E-state index contributed by atoms with van der Waals surface area (Å²) in [5, 5.41) is 3.42. The fourth-order valence-corrected chi connectivity index (χ4v) is 8.80. The Labute approximate surface area is 339 Å². The van der Waals surface area contributed by atoms with Crippen molar-refractivity contribution in [1.82, 2.24) is 24.5 Å². The van der Waals surface area contributed by atoms with Gasteiger partial charge in [0.2, 0.25) is 0 Å². The fraction of sp³-hybridized carbons (Fsp3) is 0. The zero-order chi connectivity index (χ0) is 38.4. The average Bonchev–Trinajstić information content (AvgIpc) is 3.89. The van der Waals surface area contributed by atoms with Crippen molar-refractivity contribution in [3.05, 3.63) is 200 Å². The highest BCUT2D eigenvalue weighted by Gasteiger charge is 2.18. The Bertz CT molecular complexity index is 3170. The van der Waals surface area contributed by atoms with Crippen molar-refractivity contribution in [2.45, 2.75) is 0 Å². The first kappa shape index (κ1) is 33.8. The van der Waals surface area contributed by atoms with Crippen LogP contribution in [-0.4, -0.2) is 24.5 Å². The fourth-order valence-electron chi connectivity index (χ4n) is 7.84. The zero-order valence-corrected chi connectivity index (χ0v) is 32.0. The minimum Gasteiger partial charge on any atom is -0.309 e. The number of aromatic nitrogens is 5. The van der Waals surface area contributed by atoms with Crippen molar-refractivity contribution < 1.29 is 0 Å². The predicted octanol–water partition coefficient (Wildman–Crippen LogP) is 13.6. The maximum absolute atomic E-state index is 5.19. The third kappa shape index (κ3) is 6.13. The first-order valence-corrected chi connectivity index (χ1v) is 20.1. The molecule has 8 aromatic carbocycles. The Hall–Kier alpha value is -7.54. The van der Waals surface area contributed by atoms with Crippen LogP contribution in [0.25, 0.3) is 105 Å². The second kappa shape index (κ2) is 14.2. The molecule has 3 heterocycles. The molecule has 0 fully saturated rings. The lowest BCUT2D eigenvalue weighted by atomic mass is 9.96. The normalized spacial score (nSPS) is 11.4. The van der Waals surface area contributed by atoms with Crippen LogP contribution in [0.1, 0.15) is 0 Å². The summed E-state index contributed by atoms with van der Waals surface area (Å²) < 4.78 is 3.53. The lowest BCUT2D eigenvalue weighted by Crippen LogP contribution is -2.01. The molecule has 0 aliphatic carbocycles. The van der Waals surface area contributed by atoms with Crippen LogP contribution in [-0.2, 0) is 0 Å². The molecule has 58 heavy (non-hydrogen) atoms. The highest BCUT2D eigenvalue weighted by Crippen LogP contribution is 2.38. The summed E-state index contributed by atoms with van der Waals surface area (Å²) in [7, 11) is 0. The van der Waals surface area contributed by atoms with Crippen molar-refractivity contribution in [3.63, 3.8) is 0 Å². The number of benzene rings is 8. The van der Waals surface area contributed by atoms with Crippen molar-refractivity contribution in [1.29, 1.82) is 0 Å². The number of thiazole rings is 1. The minimum atomic E-state index is 0.613. The lowest BCUT2D eigenvalue weighted by molar-refractivity contribution is 1.07. The second-order valence-electron chi connectivity index (χ2n) is 14.3. The standard InChI is InChI=1S/C52H33N5S/c1-4-14-34(15-5-1)39-30-40(35-16-6-2-7-17-35)32-41(31-39)51-55-49(36-18-8-3-9-19-36)54-50(56-51)37-24-27-42(28-25-37)57-46-22-12-10-20-43(46)44-29-26-38(33-47(44)57)52-53-45-21-11-13-23-48(45)58-52/h1-33H. The Balaban J connectivity index is 1.05. The SMILES string of the molecule is c1ccc(-c2cc(-c3ccccc3)cc(-c3nc(-c4ccccc4)nc(-c4ccc(-n5c6ccccc6c6ccc(-c7nc8ccccc8s7)cc65)cc4)n3)c2)cc1. The van der Waals surface area contributed by atoms with Crippen LogP contribution in [0.4, 0.5) is 0 Å². The number of hydrogen-bond donors (Lipinski definition) is 0. The molecule has 5 nitrogen and oxygen atoms in total. The molecule has 0 saturated carbocycles. The largest absolute Gasteiger partial charge is 0.309 e. The number of fused-ring (bicyclic) bond motifs is 4. The van der Waals surface area contributed by atoms with Gasteiger partial charge in [0, 0.05) is 38.7 Å². The molecule has 0 saturated heterocycles. The molecule has 0 amide bonds. The lowest BCUT2D eigenvalue weighted by Gasteiger charge is -2.13. The molecule has 0 spiro atoms. The molecule has 272 valence electrons. The molecule has 11 aromatic rings. The van der Waals surface area contributed by atoms with Crippen LogP contribution in [0.2, 0.25) is 0 Å². The van der Waals surface area contributed by atoms with Gasteiger partial charge in [0.1, 0.15) is 5.01 Å². The van der Waals surface area contributed by atoms with Gasteiger partial charge in [0.25, 0.3) is 0 Å². The maximum atomic E-state index is 5.19. The molecule has 0 aliphatic heterocycles. The predicted molar refractivity (Wildman–Crippen MR) is 240 cm³/mol. The summed E-state index contributed by atoms with van der Waals surface area (Å²) in [6.45, 7) is 0. The summed E-state index contributed by atoms with van der Waals surface area (Å²) >= 11 is 1.73. The molecule has 0 bridgehead atoms. The van der Waals surface area contributed by atoms with Crippen LogP contribution < -0.4 is 0 Å². The molecule has 3 aromatic heterocycles. The highest BCUT2D eigenvalue weighted by atomic mass is 32.1. The van der Waals surface area contributed by atoms with E-state index in [9.17, 15) is 0 Å². The topological polar surface area (TPSA) is 56.5 Å². The molecule has 6 heteroatoms. The number of nitrogens with zero attached hydrogens (tertiary/aromatic N) is 5. The van der Waals surface area contributed by atoms with E-state index in [0.717, 1.165) is 71.8 Å². The van der Waals surface area contributed by atoms with Crippen LogP contribution in [0.5, 0.6) is 0 Å². The van der Waals surface area contributed by atoms with Crippen LogP contribution >= 0.6 is 11.3 Å². The van der Waals surface area contributed by atoms with Crippen molar-refractivity contribution in [2.75, 3.05) is 0 Å². The van der Waals surface area contributed by atoms with Crippen LogP contribution in [0, 0.1) is 0 Å². The van der Waals surface area contributed by atoms with Gasteiger partial charge in [0.15, 0.2) is 17.5 Å². The molecular weight excluding hydrogens is 727 g/mol. The third-order valence-electron chi connectivity index (χ3n) is 10.7. The van der Waals surface area contributed by atoms with Crippen LogP contribution in [0.15, 0.2) is 200 Å². The Morgan fingerprint density at radius 2 is 0.828 bits per heavy atom. The van der Waals surface area contributed by atoms with Gasteiger partial charge in [-0.2, -0.15) is 0 Å². The summed E-state index contributed by atoms with van der Waals surface area (Å²) in [6, 6.07) is 69.9. The van der Waals surface area contributed by atoms with Crippen molar-refractivity contribution in [2.24, 2.45) is 0 Å². The average molecular weight is 760 g/mol. The molecular formula is C52H33N5S. The molecule has 0 atom stereocenters. The zero-order valence-electron chi connectivity index (χ0n) is 31.2. The highest BCUT2D eigenvalue weighted by molar-refractivity contribution is 7.21. The number of rotatable bonds is 7. The van der Waals surface area contributed by atoms with E-state index in [1.807, 2.05) is 48.5 Å². The van der Waals surface area contributed by atoms with Gasteiger partial charge in [-0.15, -0.1) is 11.3 Å². The van der Waals surface area contributed by atoms with Crippen LogP contribution in [0.3, 0.4) is 0 Å². The van der Waals surface area contributed by atoms with E-state index in [0.29, 0.717) is 17.5 Å². The first-order chi connectivity index (χ1) is 28.7. The van der Waals surface area contributed by atoms with Gasteiger partial charge in [-0.3, -0.25) is 0 Å². The quantitative estimate of drug-likeness (QED) is 0.162. The molecule has 0 N–H and O–H groups in total. The summed E-state index contributed by atoms with van der Waals surface area (Å²) in [5.41, 5.74) is 12.7. The van der Waals surface area contributed by atoms with E-state index in [1.165, 1.54) is 15.5 Å². The summed E-state index contributed by atoms with van der Waals surface area (Å²) in [4.78, 5) is 20.4. The van der Waals surface area contributed by atoms with E-state index in [2.05, 4.69) is 156 Å². The van der Waals surface area contributed by atoms with Gasteiger partial charge in [-0.25, -0.2) is 19.9 Å². The minimum absolute atomic E-state index is 0.613. The Morgan fingerprint density at radius 1 is 0.328 bits per heavy atom. The van der Waals surface area contributed by atoms with Gasteiger partial charge in [0.05, 0.1) is 21.3 Å². The van der Waals surface area contributed by atoms with E-state index >= 15 is 0 Å². The monoisotopic (exact) mass is 759 g/mol. The molecule has 11 rings (SSSR count). The van der Waals surface area contributed by atoms with E-state index < -0.39 is 0 Å². The summed E-state index contributed by atoms with van der Waals surface area (Å²) in [6.07, 6.45) is 0. The maximum Gasteiger partial charge on any atom is 0.164 e. The number of para-hydroxylation sites is 2. The van der Waals surface area contributed by atoms with Crippen molar-refractivity contribution >= 4 is 43.4 Å². The van der Waals surface area contributed by atoms with Gasteiger partial charge in [-0.05, 0) is 89.0 Å². The molecule has 0 aliphatic rings.